The predicted octanol–water partition coefficient (Wildman–Crippen LogP) is 2.93. The average molecular weight is 273 g/mol. The van der Waals surface area contributed by atoms with Crippen LogP contribution in [0.15, 0.2) is 47.9 Å². The number of carbonyl (C=O) groups excluding carboxylic acids is 1. The van der Waals surface area contributed by atoms with Crippen molar-refractivity contribution in [2.75, 3.05) is 11.9 Å². The van der Waals surface area contributed by atoms with Gasteiger partial charge in [0.2, 0.25) is 5.91 Å². The molecule has 19 heavy (non-hydrogen) atoms. The zero-order chi connectivity index (χ0) is 13.5. The number of thiophene rings is 1. The maximum atomic E-state index is 11.7. The first-order valence-electron chi connectivity index (χ1n) is 6.00. The van der Waals surface area contributed by atoms with Crippen molar-refractivity contribution in [1.29, 1.82) is 0 Å². The van der Waals surface area contributed by atoms with E-state index in [1.807, 2.05) is 41.8 Å². The Bertz CT molecular complexity index is 544. The van der Waals surface area contributed by atoms with Crippen LogP contribution in [0.1, 0.15) is 10.4 Å². The third kappa shape index (κ3) is 4.35. The molecule has 0 radical (unpaired) electrons. The van der Waals surface area contributed by atoms with Gasteiger partial charge in [0.25, 0.3) is 0 Å². The molecular weight excluding hydrogens is 258 g/mol. The molecule has 1 aromatic heterocycles. The van der Waals surface area contributed by atoms with Crippen LogP contribution in [0.4, 0.5) is 5.69 Å². The summed E-state index contributed by atoms with van der Waals surface area (Å²) in [6.07, 6.45) is 3.94. The number of aliphatic hydroxyl groups excluding tert-OH is 1. The molecule has 0 aliphatic heterocycles. The summed E-state index contributed by atoms with van der Waals surface area (Å²) in [6.45, 7) is 0.134. The molecule has 2 rings (SSSR count). The monoisotopic (exact) mass is 273 g/mol. The molecule has 1 aromatic carbocycles. The van der Waals surface area contributed by atoms with Crippen LogP contribution in [0.25, 0.3) is 6.08 Å². The van der Waals surface area contributed by atoms with Gasteiger partial charge in [-0.15, -0.1) is 11.3 Å². The van der Waals surface area contributed by atoms with E-state index >= 15 is 0 Å². The van der Waals surface area contributed by atoms with Crippen LogP contribution in [0.5, 0.6) is 0 Å². The highest BCUT2D eigenvalue weighted by atomic mass is 32.1. The summed E-state index contributed by atoms with van der Waals surface area (Å²) in [4.78, 5) is 12.7. The quantitative estimate of drug-likeness (QED) is 0.823. The number of anilines is 1. The lowest BCUT2D eigenvalue weighted by molar-refractivity contribution is -0.111. The zero-order valence-corrected chi connectivity index (χ0v) is 11.2. The number of nitrogens with one attached hydrogen (secondary N) is 1. The van der Waals surface area contributed by atoms with Crippen LogP contribution in [0.3, 0.4) is 0 Å². The van der Waals surface area contributed by atoms with Crippen molar-refractivity contribution in [3.8, 4) is 0 Å². The summed E-state index contributed by atoms with van der Waals surface area (Å²) >= 11 is 1.59. The lowest BCUT2D eigenvalue weighted by Gasteiger charge is -2.03. The summed E-state index contributed by atoms with van der Waals surface area (Å²) in [5.74, 6) is -0.150. The maximum absolute atomic E-state index is 11.7. The van der Waals surface area contributed by atoms with Crippen molar-refractivity contribution in [3.05, 3.63) is 58.3 Å². The van der Waals surface area contributed by atoms with Crippen LogP contribution < -0.4 is 5.32 Å². The van der Waals surface area contributed by atoms with Gasteiger partial charge in [-0.05, 0) is 41.6 Å². The van der Waals surface area contributed by atoms with Crippen molar-refractivity contribution in [2.45, 2.75) is 6.42 Å². The first-order chi connectivity index (χ1) is 9.28. The molecule has 0 fully saturated rings. The highest BCUT2D eigenvalue weighted by molar-refractivity contribution is 7.10. The Morgan fingerprint density at radius 1 is 1.26 bits per heavy atom. The summed E-state index contributed by atoms with van der Waals surface area (Å²) < 4.78 is 0. The Hall–Kier alpha value is -1.91. The van der Waals surface area contributed by atoms with E-state index in [2.05, 4.69) is 5.32 Å². The second-order valence-corrected chi connectivity index (χ2v) is 4.99. The molecule has 0 atom stereocenters. The van der Waals surface area contributed by atoms with E-state index in [-0.39, 0.29) is 12.5 Å². The molecule has 0 aliphatic rings. The van der Waals surface area contributed by atoms with Gasteiger partial charge in [-0.3, -0.25) is 4.79 Å². The molecule has 0 saturated heterocycles. The Kier molecular flexibility index (Phi) is 4.89. The Balaban J connectivity index is 1.91. The summed E-state index contributed by atoms with van der Waals surface area (Å²) in [6, 6.07) is 11.4. The fourth-order valence-electron chi connectivity index (χ4n) is 1.61. The van der Waals surface area contributed by atoms with Gasteiger partial charge in [0.05, 0.1) is 0 Å². The number of aliphatic hydroxyl groups is 1. The van der Waals surface area contributed by atoms with Gasteiger partial charge in [-0.1, -0.05) is 18.2 Å². The molecule has 1 heterocycles. The first-order valence-corrected chi connectivity index (χ1v) is 6.88. The molecule has 0 aliphatic carbocycles. The van der Waals surface area contributed by atoms with Crippen LogP contribution in [-0.4, -0.2) is 17.6 Å². The lowest BCUT2D eigenvalue weighted by atomic mass is 10.1. The highest BCUT2D eigenvalue weighted by Crippen LogP contribution is 2.12. The molecule has 0 spiro atoms. The van der Waals surface area contributed by atoms with Crippen LogP contribution >= 0.6 is 11.3 Å². The summed E-state index contributed by atoms with van der Waals surface area (Å²) in [5.41, 5.74) is 1.80. The molecule has 98 valence electrons. The molecule has 0 unspecified atom stereocenters. The van der Waals surface area contributed by atoms with E-state index in [4.69, 9.17) is 5.11 Å². The van der Waals surface area contributed by atoms with Crippen molar-refractivity contribution < 1.29 is 9.90 Å². The molecule has 3 nitrogen and oxygen atoms in total. The standard InChI is InChI=1S/C15H15NO2S/c17-10-9-12-3-5-13(6-4-12)16-15(18)8-7-14-2-1-11-19-14/h1-8,11,17H,9-10H2,(H,16,18). The number of carbonyl (C=O) groups is 1. The molecule has 2 N–H and O–H groups in total. The van der Waals surface area contributed by atoms with E-state index < -0.39 is 0 Å². The Morgan fingerprint density at radius 2 is 2.05 bits per heavy atom. The fourth-order valence-corrected chi connectivity index (χ4v) is 2.23. The number of benzene rings is 1. The molecule has 0 bridgehead atoms. The van der Waals surface area contributed by atoms with E-state index in [0.29, 0.717) is 6.42 Å². The van der Waals surface area contributed by atoms with Gasteiger partial charge in [0, 0.05) is 23.2 Å². The summed E-state index contributed by atoms with van der Waals surface area (Å²) in [5, 5.41) is 13.6. The topological polar surface area (TPSA) is 49.3 Å². The second-order valence-electron chi connectivity index (χ2n) is 4.01. The normalized spacial score (nSPS) is 10.8. The molecule has 0 saturated carbocycles. The lowest BCUT2D eigenvalue weighted by Crippen LogP contribution is -2.07. The number of amides is 1. The largest absolute Gasteiger partial charge is 0.396 e. The fraction of sp³-hybridized carbons (Fsp3) is 0.133. The molecule has 1 amide bonds. The van der Waals surface area contributed by atoms with Crippen LogP contribution in [-0.2, 0) is 11.2 Å². The van der Waals surface area contributed by atoms with Gasteiger partial charge in [0.1, 0.15) is 0 Å². The van der Waals surface area contributed by atoms with Gasteiger partial charge in [0.15, 0.2) is 0 Å². The SMILES string of the molecule is O=C(C=Cc1cccs1)Nc1ccc(CCO)cc1. The minimum atomic E-state index is -0.150. The van der Waals surface area contributed by atoms with Crippen molar-refractivity contribution in [2.24, 2.45) is 0 Å². The predicted molar refractivity (Wildman–Crippen MR) is 79.2 cm³/mol. The third-order valence-corrected chi connectivity index (χ3v) is 3.40. The van der Waals surface area contributed by atoms with Gasteiger partial charge in [-0.2, -0.15) is 0 Å². The first kappa shape index (κ1) is 13.5. The Labute approximate surface area is 116 Å². The minimum Gasteiger partial charge on any atom is -0.396 e. The van der Waals surface area contributed by atoms with Gasteiger partial charge in [-0.25, -0.2) is 0 Å². The van der Waals surface area contributed by atoms with E-state index in [1.54, 1.807) is 17.4 Å². The highest BCUT2D eigenvalue weighted by Gasteiger charge is 1.98. The second kappa shape index (κ2) is 6.87. The molecule has 4 heteroatoms. The van der Waals surface area contributed by atoms with Crippen molar-refractivity contribution >= 4 is 29.0 Å². The number of hydrogen-bond donors (Lipinski definition) is 2. The van der Waals surface area contributed by atoms with Gasteiger partial charge >= 0.3 is 0 Å². The summed E-state index contributed by atoms with van der Waals surface area (Å²) in [7, 11) is 0. The Morgan fingerprint density at radius 3 is 2.68 bits per heavy atom. The maximum Gasteiger partial charge on any atom is 0.248 e. The van der Waals surface area contributed by atoms with E-state index in [0.717, 1.165) is 16.1 Å². The average Bonchev–Trinajstić information content (AvgIpc) is 2.92. The van der Waals surface area contributed by atoms with Crippen LogP contribution in [0, 0.1) is 0 Å². The number of rotatable bonds is 5. The third-order valence-electron chi connectivity index (χ3n) is 2.56. The minimum absolute atomic E-state index is 0.134. The van der Waals surface area contributed by atoms with Crippen LogP contribution in [0.2, 0.25) is 0 Å². The smallest absolute Gasteiger partial charge is 0.248 e. The van der Waals surface area contributed by atoms with Crippen molar-refractivity contribution in [3.63, 3.8) is 0 Å². The van der Waals surface area contributed by atoms with Crippen molar-refractivity contribution in [1.82, 2.24) is 0 Å². The molecular formula is C15H15NO2S. The van der Waals surface area contributed by atoms with E-state index in [9.17, 15) is 4.79 Å². The molecule has 2 aromatic rings. The van der Waals surface area contributed by atoms with Gasteiger partial charge < -0.3 is 10.4 Å². The zero-order valence-electron chi connectivity index (χ0n) is 10.4. The number of hydrogen-bond acceptors (Lipinski definition) is 3. The van der Waals surface area contributed by atoms with E-state index in [1.165, 1.54) is 6.08 Å².